The van der Waals surface area contributed by atoms with Gasteiger partial charge >= 0.3 is 0 Å². The molecule has 0 fully saturated rings. The van der Waals surface area contributed by atoms with Crippen LogP contribution < -0.4 is 14.8 Å². The smallest absolute Gasteiger partial charge is 0.258 e. The number of amides is 1. The van der Waals surface area contributed by atoms with Crippen LogP contribution in [0.3, 0.4) is 0 Å². The Morgan fingerprint density at radius 2 is 1.93 bits per heavy atom. The number of rotatable bonds is 9. The van der Waals surface area contributed by atoms with E-state index in [0.29, 0.717) is 0 Å². The summed E-state index contributed by atoms with van der Waals surface area (Å²) in [7, 11) is -3.79. The lowest BCUT2D eigenvalue weighted by Crippen LogP contribution is -2.31. The highest BCUT2D eigenvalue weighted by Crippen LogP contribution is 2.28. The van der Waals surface area contributed by atoms with E-state index in [0.717, 1.165) is 5.56 Å². The van der Waals surface area contributed by atoms with Gasteiger partial charge in [-0.2, -0.15) is 0 Å². The van der Waals surface area contributed by atoms with Crippen LogP contribution in [0.2, 0.25) is 5.02 Å². The molecule has 0 aliphatic rings. The van der Waals surface area contributed by atoms with E-state index in [1.807, 2.05) is 30.3 Å². The Morgan fingerprint density at radius 3 is 2.56 bits per heavy atom. The zero-order chi connectivity index (χ0) is 19.9. The SMILES string of the molecule is C[C@@H](NS(=O)(=O)c1ccc(OCC(=O)NCCO)c(Cl)c1)c1ccccc1. The second-order valence-corrected chi connectivity index (χ2v) is 7.83. The fraction of sp³-hybridized carbons (Fsp3) is 0.278. The zero-order valence-corrected chi connectivity index (χ0v) is 16.3. The molecule has 2 rings (SSSR count). The van der Waals surface area contributed by atoms with Crippen molar-refractivity contribution in [2.45, 2.75) is 17.9 Å². The highest BCUT2D eigenvalue weighted by atomic mass is 35.5. The molecule has 0 unspecified atom stereocenters. The Kier molecular flexibility index (Phi) is 7.61. The number of aliphatic hydroxyl groups is 1. The molecule has 0 aliphatic heterocycles. The molecule has 27 heavy (non-hydrogen) atoms. The van der Waals surface area contributed by atoms with Crippen molar-refractivity contribution in [1.29, 1.82) is 0 Å². The predicted octanol–water partition coefficient (Wildman–Crippen LogP) is 1.87. The highest BCUT2D eigenvalue weighted by molar-refractivity contribution is 7.89. The molecule has 7 nitrogen and oxygen atoms in total. The van der Waals surface area contributed by atoms with Gasteiger partial charge in [0, 0.05) is 12.6 Å². The van der Waals surface area contributed by atoms with Crippen molar-refractivity contribution in [2.24, 2.45) is 0 Å². The molecule has 2 aromatic rings. The van der Waals surface area contributed by atoms with E-state index in [1.54, 1.807) is 6.92 Å². The standard InChI is InChI=1S/C18H21ClN2O5S/c1-13(14-5-3-2-4-6-14)21-27(24,25)15-7-8-17(16(19)11-15)26-12-18(23)20-9-10-22/h2-8,11,13,21-22H,9-10,12H2,1H3,(H,20,23)/t13-/m1/s1. The molecule has 0 spiro atoms. The van der Waals surface area contributed by atoms with E-state index < -0.39 is 22.0 Å². The minimum atomic E-state index is -3.79. The number of nitrogens with one attached hydrogen (secondary N) is 2. The van der Waals surface area contributed by atoms with Gasteiger partial charge < -0.3 is 15.2 Å². The quantitative estimate of drug-likeness (QED) is 0.583. The van der Waals surface area contributed by atoms with Crippen LogP contribution in [0.4, 0.5) is 0 Å². The number of hydrogen-bond acceptors (Lipinski definition) is 5. The van der Waals surface area contributed by atoms with Gasteiger partial charge in [-0.3, -0.25) is 4.79 Å². The van der Waals surface area contributed by atoms with Crippen LogP contribution in [0.1, 0.15) is 18.5 Å². The average Bonchev–Trinajstić information content (AvgIpc) is 2.65. The van der Waals surface area contributed by atoms with E-state index in [9.17, 15) is 13.2 Å². The third-order valence-electron chi connectivity index (χ3n) is 3.64. The van der Waals surface area contributed by atoms with Crippen molar-refractivity contribution >= 4 is 27.5 Å². The molecule has 0 bridgehead atoms. The number of halogens is 1. The van der Waals surface area contributed by atoms with Crippen molar-refractivity contribution in [3.63, 3.8) is 0 Å². The van der Waals surface area contributed by atoms with Crippen LogP contribution in [0.15, 0.2) is 53.4 Å². The molecule has 3 N–H and O–H groups in total. The molecule has 146 valence electrons. The van der Waals surface area contributed by atoms with Crippen molar-refractivity contribution in [1.82, 2.24) is 10.0 Å². The van der Waals surface area contributed by atoms with E-state index in [2.05, 4.69) is 10.0 Å². The monoisotopic (exact) mass is 412 g/mol. The molecule has 0 heterocycles. The van der Waals surface area contributed by atoms with Crippen LogP contribution in [0.25, 0.3) is 0 Å². The van der Waals surface area contributed by atoms with Crippen LogP contribution in [0.5, 0.6) is 5.75 Å². The number of sulfonamides is 1. The Hall–Kier alpha value is -2.13. The van der Waals surface area contributed by atoms with Gasteiger partial charge in [-0.25, -0.2) is 13.1 Å². The van der Waals surface area contributed by atoms with Crippen molar-refractivity contribution in [2.75, 3.05) is 19.8 Å². The first-order valence-corrected chi connectivity index (χ1v) is 10.1. The fourth-order valence-corrected chi connectivity index (χ4v) is 3.82. The number of hydrogen-bond donors (Lipinski definition) is 3. The number of benzene rings is 2. The molecule has 9 heteroatoms. The lowest BCUT2D eigenvalue weighted by atomic mass is 10.1. The van der Waals surface area contributed by atoms with Crippen molar-refractivity contribution in [3.8, 4) is 5.75 Å². The topological polar surface area (TPSA) is 105 Å². The third kappa shape index (κ3) is 6.21. The average molecular weight is 413 g/mol. The molecule has 1 atom stereocenters. The maximum absolute atomic E-state index is 12.6. The molecule has 0 radical (unpaired) electrons. The summed E-state index contributed by atoms with van der Waals surface area (Å²) in [5.74, 6) is -0.235. The van der Waals surface area contributed by atoms with E-state index >= 15 is 0 Å². The van der Waals surface area contributed by atoms with Gasteiger partial charge in [0.1, 0.15) is 5.75 Å². The summed E-state index contributed by atoms with van der Waals surface area (Å²) >= 11 is 6.09. The van der Waals surface area contributed by atoms with Crippen LogP contribution in [0, 0.1) is 0 Å². The zero-order valence-electron chi connectivity index (χ0n) is 14.7. The molecule has 1 amide bonds. The molecule has 0 aromatic heterocycles. The van der Waals surface area contributed by atoms with Gasteiger partial charge in [0.05, 0.1) is 16.5 Å². The minimum absolute atomic E-state index is 0.00707. The summed E-state index contributed by atoms with van der Waals surface area (Å²) in [5.41, 5.74) is 0.834. The van der Waals surface area contributed by atoms with Crippen LogP contribution >= 0.6 is 11.6 Å². The summed E-state index contributed by atoms with van der Waals surface area (Å²) in [6.45, 7) is 1.40. The van der Waals surface area contributed by atoms with Crippen molar-refractivity contribution < 1.29 is 23.1 Å². The lowest BCUT2D eigenvalue weighted by Gasteiger charge is -2.15. The Morgan fingerprint density at radius 1 is 1.22 bits per heavy atom. The second kappa shape index (κ2) is 9.70. The lowest BCUT2D eigenvalue weighted by molar-refractivity contribution is -0.123. The summed E-state index contributed by atoms with van der Waals surface area (Å²) in [6.07, 6.45) is 0. The third-order valence-corrected chi connectivity index (χ3v) is 5.47. The number of ether oxygens (including phenoxy) is 1. The summed E-state index contributed by atoms with van der Waals surface area (Å²) in [4.78, 5) is 11.5. The van der Waals surface area contributed by atoms with E-state index in [4.69, 9.17) is 21.4 Å². The molecular formula is C18H21ClN2O5S. The van der Waals surface area contributed by atoms with Crippen molar-refractivity contribution in [3.05, 3.63) is 59.1 Å². The molecule has 2 aromatic carbocycles. The van der Waals surface area contributed by atoms with Crippen LogP contribution in [-0.2, 0) is 14.8 Å². The Balaban J connectivity index is 2.05. The fourth-order valence-electron chi connectivity index (χ4n) is 2.27. The number of carbonyl (C=O) groups excluding carboxylic acids is 1. The number of carbonyl (C=O) groups is 1. The van der Waals surface area contributed by atoms with Gasteiger partial charge in [-0.15, -0.1) is 0 Å². The highest BCUT2D eigenvalue weighted by Gasteiger charge is 2.20. The van der Waals surface area contributed by atoms with Crippen LogP contribution in [-0.4, -0.2) is 39.2 Å². The molecule has 0 aliphatic carbocycles. The second-order valence-electron chi connectivity index (χ2n) is 5.71. The predicted molar refractivity (Wildman–Crippen MR) is 102 cm³/mol. The molecule has 0 saturated carbocycles. The van der Waals surface area contributed by atoms with Gasteiger partial charge in [0.15, 0.2) is 6.61 Å². The first kappa shape index (κ1) is 21.2. The molecular weight excluding hydrogens is 392 g/mol. The normalized spacial score (nSPS) is 12.4. The minimum Gasteiger partial charge on any atom is -0.482 e. The maximum Gasteiger partial charge on any atom is 0.258 e. The summed E-state index contributed by atoms with van der Waals surface area (Å²) in [5, 5.41) is 11.1. The van der Waals surface area contributed by atoms with Gasteiger partial charge in [-0.05, 0) is 30.7 Å². The summed E-state index contributed by atoms with van der Waals surface area (Å²) in [6, 6.07) is 12.8. The van der Waals surface area contributed by atoms with Gasteiger partial charge in [-0.1, -0.05) is 41.9 Å². The van der Waals surface area contributed by atoms with Gasteiger partial charge in [0.2, 0.25) is 10.0 Å². The first-order valence-electron chi connectivity index (χ1n) is 8.20. The Labute approximate surface area is 163 Å². The largest absolute Gasteiger partial charge is 0.482 e. The van der Waals surface area contributed by atoms with E-state index in [1.165, 1.54) is 18.2 Å². The number of aliphatic hydroxyl groups excluding tert-OH is 1. The summed E-state index contributed by atoms with van der Waals surface area (Å²) < 4.78 is 33.0. The maximum atomic E-state index is 12.6. The molecule has 0 saturated heterocycles. The Bertz CT molecular complexity index is 875. The van der Waals surface area contributed by atoms with Gasteiger partial charge in [0.25, 0.3) is 5.91 Å². The first-order chi connectivity index (χ1) is 12.8. The van der Waals surface area contributed by atoms with E-state index in [-0.39, 0.29) is 35.4 Å².